The number of carboxylic acids is 1. The van der Waals surface area contributed by atoms with Gasteiger partial charge in [0.15, 0.2) is 0 Å². The van der Waals surface area contributed by atoms with E-state index in [9.17, 15) is 19.5 Å². The summed E-state index contributed by atoms with van der Waals surface area (Å²) in [4.78, 5) is 40.7. The van der Waals surface area contributed by atoms with Crippen molar-refractivity contribution < 1.29 is 19.4 Å². The zero-order valence-electron chi connectivity index (χ0n) is 19.4. The number of pyridine rings is 1. The molecule has 0 bridgehead atoms. The van der Waals surface area contributed by atoms with Crippen molar-refractivity contribution in [2.75, 3.05) is 38.5 Å². The molecular formula is C21H32LiN4O5. The van der Waals surface area contributed by atoms with Crippen LogP contribution in [-0.2, 0) is 10.3 Å². The first-order chi connectivity index (χ1) is 13.9. The third-order valence-corrected chi connectivity index (χ3v) is 5.66. The Labute approximate surface area is 194 Å². The van der Waals surface area contributed by atoms with Crippen LogP contribution in [0.2, 0.25) is 0 Å². The molecule has 0 aliphatic carbocycles. The van der Waals surface area contributed by atoms with Crippen LogP contribution < -0.4 is 10.9 Å². The fourth-order valence-electron chi connectivity index (χ4n) is 4.00. The third kappa shape index (κ3) is 5.85. The average molecular weight is 427 g/mol. The molecule has 1 amide bonds. The number of amides is 1. The maximum atomic E-state index is 12.8. The summed E-state index contributed by atoms with van der Waals surface area (Å²) in [6.45, 7) is 9.64. The molecule has 1 aromatic rings. The first-order valence-corrected chi connectivity index (χ1v) is 10.3. The van der Waals surface area contributed by atoms with Crippen molar-refractivity contribution in [3.63, 3.8) is 0 Å². The van der Waals surface area contributed by atoms with E-state index in [-0.39, 0.29) is 49.1 Å². The Bertz CT molecular complexity index is 881. The van der Waals surface area contributed by atoms with Crippen molar-refractivity contribution in [3.05, 3.63) is 28.2 Å². The Morgan fingerprint density at radius 1 is 1.23 bits per heavy atom. The molecular weight excluding hydrogens is 395 g/mol. The predicted octanol–water partition coefficient (Wildman–Crippen LogP) is 1.64. The summed E-state index contributed by atoms with van der Waals surface area (Å²) in [5, 5.41) is 13.0. The van der Waals surface area contributed by atoms with Crippen LogP contribution in [0.1, 0.15) is 50.9 Å². The van der Waals surface area contributed by atoms with E-state index in [0.717, 1.165) is 25.9 Å². The van der Waals surface area contributed by atoms with E-state index in [2.05, 4.69) is 17.3 Å². The molecule has 2 aliphatic rings. The van der Waals surface area contributed by atoms with Crippen LogP contribution in [0, 0.1) is 0 Å². The Balaban J connectivity index is 0.00000341. The number of rotatable bonds is 4. The molecule has 9 nitrogen and oxygen atoms in total. The largest absolute Gasteiger partial charge is 0.478 e. The smallest absolute Gasteiger partial charge is 0.410 e. The van der Waals surface area contributed by atoms with Crippen molar-refractivity contribution in [3.8, 4) is 0 Å². The van der Waals surface area contributed by atoms with Crippen molar-refractivity contribution in [2.45, 2.75) is 57.7 Å². The van der Waals surface area contributed by atoms with Crippen molar-refractivity contribution >= 4 is 36.6 Å². The van der Waals surface area contributed by atoms with Gasteiger partial charge in [0.1, 0.15) is 5.60 Å². The Morgan fingerprint density at radius 3 is 2.32 bits per heavy atom. The molecule has 2 N–H and O–H groups in total. The second-order valence-corrected chi connectivity index (χ2v) is 9.67. The van der Waals surface area contributed by atoms with E-state index in [4.69, 9.17) is 4.74 Å². The molecule has 10 heteroatoms. The van der Waals surface area contributed by atoms with Crippen LogP contribution in [0.5, 0.6) is 0 Å². The summed E-state index contributed by atoms with van der Waals surface area (Å²) in [5.74, 6) is -1.09. The number of carbonyl (C=O) groups is 2. The molecule has 31 heavy (non-hydrogen) atoms. The van der Waals surface area contributed by atoms with Crippen LogP contribution in [0.3, 0.4) is 0 Å². The number of nitrogens with zero attached hydrogens (tertiary/aromatic N) is 3. The quantitative estimate of drug-likeness (QED) is 0.704. The van der Waals surface area contributed by atoms with Gasteiger partial charge in [-0.15, -0.1) is 0 Å². The average Bonchev–Trinajstić information content (AvgIpc) is 2.59. The summed E-state index contributed by atoms with van der Waals surface area (Å²) < 4.78 is 6.79. The fourth-order valence-corrected chi connectivity index (χ4v) is 4.00. The van der Waals surface area contributed by atoms with Gasteiger partial charge >= 0.3 is 12.1 Å². The second-order valence-electron chi connectivity index (χ2n) is 9.67. The molecule has 0 unspecified atom stereocenters. The number of piperidine rings is 1. The fraction of sp³-hybridized carbons (Fsp3) is 0.667. The number of likely N-dealkylation sites (tertiary alicyclic amines) is 2. The van der Waals surface area contributed by atoms with E-state index < -0.39 is 23.2 Å². The Morgan fingerprint density at radius 2 is 1.81 bits per heavy atom. The van der Waals surface area contributed by atoms with Crippen LogP contribution in [-0.4, -0.2) is 95.3 Å². The van der Waals surface area contributed by atoms with Gasteiger partial charge in [0.25, 0.3) is 5.56 Å². The van der Waals surface area contributed by atoms with E-state index in [1.54, 1.807) is 20.8 Å². The number of ether oxygens (including phenoxy) is 1. The number of hydrogen-bond donors (Lipinski definition) is 2. The van der Waals surface area contributed by atoms with E-state index >= 15 is 0 Å². The SMILES string of the molecule is CN1CCC(Nc2cc(=O)n(C3(C)CN(C(=O)OC(C)(C)C)C3)cc2C(=O)O)CC1.[Li]. The maximum absolute atomic E-state index is 12.8. The number of aromatic nitrogens is 1. The number of anilines is 1. The van der Waals surface area contributed by atoms with Gasteiger partial charge in [0.2, 0.25) is 0 Å². The van der Waals surface area contributed by atoms with E-state index in [1.807, 2.05) is 6.92 Å². The molecule has 1 radical (unpaired) electrons. The summed E-state index contributed by atoms with van der Waals surface area (Å²) in [6, 6.07) is 1.50. The van der Waals surface area contributed by atoms with Crippen molar-refractivity contribution in [1.82, 2.24) is 14.4 Å². The van der Waals surface area contributed by atoms with Gasteiger partial charge in [-0.05, 0) is 60.7 Å². The minimum Gasteiger partial charge on any atom is -0.478 e. The molecule has 2 fully saturated rings. The van der Waals surface area contributed by atoms with E-state index in [0.29, 0.717) is 5.69 Å². The molecule has 1 aromatic heterocycles. The van der Waals surface area contributed by atoms with E-state index in [1.165, 1.54) is 21.7 Å². The van der Waals surface area contributed by atoms with Crippen LogP contribution in [0.4, 0.5) is 10.5 Å². The third-order valence-electron chi connectivity index (χ3n) is 5.66. The summed E-state index contributed by atoms with van der Waals surface area (Å²) in [6.07, 6.45) is 2.74. The number of carbonyl (C=O) groups excluding carboxylic acids is 1. The zero-order valence-corrected chi connectivity index (χ0v) is 19.4. The number of carboxylic acid groups (broad SMARTS) is 1. The first kappa shape index (κ1) is 25.3. The summed E-state index contributed by atoms with van der Waals surface area (Å²) in [5.41, 5.74) is -1.15. The van der Waals surface area contributed by atoms with Crippen molar-refractivity contribution in [2.24, 2.45) is 0 Å². The number of hydrogen-bond acceptors (Lipinski definition) is 6. The molecule has 2 saturated heterocycles. The molecule has 0 saturated carbocycles. The molecule has 3 rings (SSSR count). The van der Waals surface area contributed by atoms with Crippen LogP contribution in [0.25, 0.3) is 0 Å². The molecule has 3 heterocycles. The van der Waals surface area contributed by atoms with Gasteiger partial charge < -0.3 is 29.5 Å². The van der Waals surface area contributed by atoms with Crippen LogP contribution >= 0.6 is 0 Å². The Hall–Kier alpha value is -1.95. The summed E-state index contributed by atoms with van der Waals surface area (Å²) in [7, 11) is 2.06. The monoisotopic (exact) mass is 427 g/mol. The standard InChI is InChI=1S/C21H32N4O5.Li/c1-20(2,3)30-19(29)24-12-21(4,13-24)25-11-15(18(27)28)16(10-17(25)26)22-14-6-8-23(5)9-7-14;/h10-11,14,22H,6-9,12-13H2,1-5H3,(H,27,28);. The van der Waals surface area contributed by atoms with Gasteiger partial charge in [0, 0.05) is 50.3 Å². The molecule has 167 valence electrons. The number of nitrogens with one attached hydrogen (secondary N) is 1. The predicted molar refractivity (Wildman–Crippen MR) is 119 cm³/mol. The molecule has 0 spiro atoms. The zero-order chi connectivity index (χ0) is 22.3. The minimum atomic E-state index is -1.09. The summed E-state index contributed by atoms with van der Waals surface area (Å²) >= 11 is 0. The van der Waals surface area contributed by atoms with Crippen LogP contribution in [0.15, 0.2) is 17.1 Å². The first-order valence-electron chi connectivity index (χ1n) is 10.3. The van der Waals surface area contributed by atoms with Gasteiger partial charge in [-0.25, -0.2) is 9.59 Å². The van der Waals surface area contributed by atoms with Gasteiger partial charge in [0.05, 0.1) is 16.8 Å². The van der Waals surface area contributed by atoms with Gasteiger partial charge in [-0.2, -0.15) is 0 Å². The number of aromatic carboxylic acids is 1. The topological polar surface area (TPSA) is 104 Å². The maximum Gasteiger partial charge on any atom is 0.410 e. The second kappa shape index (κ2) is 9.27. The minimum absolute atomic E-state index is 0. The normalized spacial score (nSPS) is 19.2. The van der Waals surface area contributed by atoms with Crippen molar-refractivity contribution in [1.29, 1.82) is 0 Å². The molecule has 0 aromatic carbocycles. The molecule has 2 aliphatic heterocycles. The Kier molecular flexibility index (Phi) is 7.57. The van der Waals surface area contributed by atoms with Gasteiger partial charge in [-0.1, -0.05) is 0 Å². The van der Waals surface area contributed by atoms with Gasteiger partial charge in [-0.3, -0.25) is 4.79 Å². The molecule has 0 atom stereocenters.